The van der Waals surface area contributed by atoms with Gasteiger partial charge in [-0.25, -0.2) is 20.0 Å². The number of hydrogen-bond acceptors (Lipinski definition) is 7. The number of carboxylic acids is 1. The van der Waals surface area contributed by atoms with Gasteiger partial charge < -0.3 is 20.1 Å². The van der Waals surface area contributed by atoms with Crippen LogP contribution in [0.1, 0.15) is 31.0 Å². The molecule has 0 unspecified atom stereocenters. The molecule has 0 bridgehead atoms. The number of carbonyl (C=O) groups is 5. The molecule has 194 valence electrons. The van der Waals surface area contributed by atoms with Gasteiger partial charge in [0, 0.05) is 4.75 Å². The third-order valence-electron chi connectivity index (χ3n) is 6.16. The van der Waals surface area contributed by atoms with Crippen LogP contribution in [0.4, 0.5) is 4.79 Å². The van der Waals surface area contributed by atoms with Gasteiger partial charge >= 0.3 is 12.1 Å². The summed E-state index contributed by atoms with van der Waals surface area (Å²) in [5, 5.41) is 12.4. The van der Waals surface area contributed by atoms with Crippen molar-refractivity contribution in [2.45, 2.75) is 48.7 Å². The Bertz CT molecular complexity index is 1190. The van der Waals surface area contributed by atoms with Crippen LogP contribution in [0.2, 0.25) is 0 Å². The number of benzene rings is 2. The third-order valence-corrected chi connectivity index (χ3v) is 7.73. The molecule has 0 spiro atoms. The quantitative estimate of drug-likeness (QED) is 0.254. The number of ether oxygens (including phenoxy) is 1. The smallest absolute Gasteiger partial charge is 0.426 e. The van der Waals surface area contributed by atoms with Crippen LogP contribution in [0.25, 0.3) is 0 Å². The van der Waals surface area contributed by atoms with E-state index in [0.29, 0.717) is 5.56 Å². The number of hydrogen-bond donors (Lipinski definition) is 3. The molecule has 2 aromatic rings. The number of nitrogens with one attached hydrogen (secondary N) is 2. The summed E-state index contributed by atoms with van der Waals surface area (Å²) >= 11 is 1.28. The molecule has 12 heteroatoms. The van der Waals surface area contributed by atoms with Gasteiger partial charge in [0.15, 0.2) is 6.04 Å². The highest BCUT2D eigenvalue weighted by Gasteiger charge is 2.64. The monoisotopic (exact) mass is 526 g/mol. The van der Waals surface area contributed by atoms with Gasteiger partial charge in [-0.15, -0.1) is 11.8 Å². The molecule has 0 saturated carbocycles. The summed E-state index contributed by atoms with van der Waals surface area (Å²) in [5.41, 5.74) is 3.39. The van der Waals surface area contributed by atoms with E-state index in [0.717, 1.165) is 10.6 Å². The average molecular weight is 527 g/mol. The fourth-order valence-corrected chi connectivity index (χ4v) is 6.09. The first-order valence-corrected chi connectivity index (χ1v) is 12.3. The van der Waals surface area contributed by atoms with E-state index in [9.17, 15) is 29.1 Å². The van der Waals surface area contributed by atoms with Crippen molar-refractivity contribution in [2.24, 2.45) is 0 Å². The maximum absolute atomic E-state index is 13.4. The summed E-state index contributed by atoms with van der Waals surface area (Å²) in [7, 11) is 0. The van der Waals surface area contributed by atoms with Crippen molar-refractivity contribution in [3.8, 4) is 0 Å². The predicted molar refractivity (Wildman–Crippen MR) is 133 cm³/mol. The maximum atomic E-state index is 13.4. The van der Waals surface area contributed by atoms with E-state index in [-0.39, 0.29) is 13.0 Å². The van der Waals surface area contributed by atoms with Crippen molar-refractivity contribution in [1.82, 2.24) is 20.7 Å². The van der Waals surface area contributed by atoms with Crippen LogP contribution in [0.5, 0.6) is 0 Å². The minimum Gasteiger partial charge on any atom is -0.480 e. The van der Waals surface area contributed by atoms with E-state index in [2.05, 4.69) is 10.7 Å². The Morgan fingerprint density at radius 1 is 1.14 bits per heavy atom. The molecular formula is C25H26N4O7S. The Morgan fingerprint density at radius 3 is 2.35 bits per heavy atom. The molecule has 2 aromatic carbocycles. The summed E-state index contributed by atoms with van der Waals surface area (Å²) in [6.45, 7) is 3.41. The zero-order valence-electron chi connectivity index (χ0n) is 20.1. The zero-order chi connectivity index (χ0) is 26.7. The highest BCUT2D eigenvalue weighted by molar-refractivity contribution is 8.01. The number of fused-ring (bicyclic) bond motifs is 1. The van der Waals surface area contributed by atoms with Crippen molar-refractivity contribution in [3.05, 3.63) is 71.8 Å². The first-order valence-electron chi connectivity index (χ1n) is 11.4. The minimum atomic E-state index is -1.32. The van der Waals surface area contributed by atoms with Gasteiger partial charge in [0.05, 0.1) is 0 Å². The molecule has 0 radical (unpaired) electrons. The van der Waals surface area contributed by atoms with Crippen molar-refractivity contribution in [2.75, 3.05) is 0 Å². The SMILES string of the molecule is CC1(C)S[C@@H]2[C@@H](NC(=O)[C@@H](c3ccccc3)N(C=O)NC(=O)OCc3ccccc3)C(=O)N2[C@H]1C(=O)O. The molecule has 4 amide bonds. The summed E-state index contributed by atoms with van der Waals surface area (Å²) < 4.78 is 4.41. The lowest BCUT2D eigenvalue weighted by Gasteiger charge is -2.44. The van der Waals surface area contributed by atoms with Crippen molar-refractivity contribution in [1.29, 1.82) is 0 Å². The van der Waals surface area contributed by atoms with Gasteiger partial charge in [0.1, 0.15) is 24.1 Å². The van der Waals surface area contributed by atoms with Crippen molar-refractivity contribution >= 4 is 42.0 Å². The first-order chi connectivity index (χ1) is 17.6. The first kappa shape index (κ1) is 26.0. The van der Waals surface area contributed by atoms with Gasteiger partial charge in [-0.2, -0.15) is 0 Å². The van der Waals surface area contributed by atoms with Crippen LogP contribution in [-0.2, 0) is 30.5 Å². The fourth-order valence-electron chi connectivity index (χ4n) is 4.46. The van der Waals surface area contributed by atoms with Gasteiger partial charge in [-0.3, -0.25) is 14.4 Å². The summed E-state index contributed by atoms with van der Waals surface area (Å²) in [6.07, 6.45) is -0.669. The molecule has 37 heavy (non-hydrogen) atoms. The average Bonchev–Trinajstić information content (AvgIpc) is 3.14. The van der Waals surface area contributed by atoms with Crippen LogP contribution >= 0.6 is 11.8 Å². The van der Waals surface area contributed by atoms with Crippen LogP contribution < -0.4 is 10.7 Å². The van der Waals surface area contributed by atoms with E-state index in [4.69, 9.17) is 4.74 Å². The van der Waals surface area contributed by atoms with Gasteiger partial charge in [0.25, 0.3) is 0 Å². The normalized spacial score (nSPS) is 22.2. The van der Waals surface area contributed by atoms with E-state index < -0.39 is 52.1 Å². The molecule has 4 atom stereocenters. The number of β-lactam (4-membered cyclic amide) rings is 1. The lowest BCUT2D eigenvalue weighted by atomic mass is 9.95. The molecule has 11 nitrogen and oxygen atoms in total. The van der Waals surface area contributed by atoms with E-state index in [1.807, 2.05) is 6.07 Å². The standard InChI is InChI=1S/C25H26N4O7S/c1-25(2)19(23(33)34)29-21(32)17(22(29)37-25)26-20(31)18(16-11-7-4-8-12-16)28(14-30)27-24(35)36-13-15-9-5-3-6-10-15/h3-12,14,17-19,22H,13H2,1-2H3,(H,26,31)(H,27,35)(H,33,34)/t17-,18+,19-,22+/m0/s1. The Hall–Kier alpha value is -4.06. The Morgan fingerprint density at radius 2 is 1.76 bits per heavy atom. The maximum Gasteiger partial charge on any atom is 0.426 e. The highest BCUT2D eigenvalue weighted by Crippen LogP contribution is 2.50. The summed E-state index contributed by atoms with van der Waals surface area (Å²) in [5.74, 6) is -2.37. The number of amides is 4. The molecule has 2 heterocycles. The zero-order valence-corrected chi connectivity index (χ0v) is 20.9. The minimum absolute atomic E-state index is 0.0482. The fraction of sp³-hybridized carbons (Fsp3) is 0.320. The predicted octanol–water partition coefficient (Wildman–Crippen LogP) is 1.66. The number of carboxylic acid groups (broad SMARTS) is 1. The second-order valence-electron chi connectivity index (χ2n) is 9.08. The molecule has 2 aliphatic rings. The molecule has 2 fully saturated rings. The highest BCUT2D eigenvalue weighted by atomic mass is 32.2. The van der Waals surface area contributed by atoms with E-state index in [1.54, 1.807) is 68.4 Å². The molecule has 0 aromatic heterocycles. The number of thioether (sulfide) groups is 1. The van der Waals surface area contributed by atoms with Crippen LogP contribution in [0.15, 0.2) is 60.7 Å². The summed E-state index contributed by atoms with van der Waals surface area (Å²) in [4.78, 5) is 63.7. The van der Waals surface area contributed by atoms with Crippen LogP contribution in [-0.4, -0.2) is 67.5 Å². The number of carbonyl (C=O) groups excluding carboxylic acids is 4. The van der Waals surface area contributed by atoms with E-state index in [1.165, 1.54) is 16.7 Å². The molecule has 0 aliphatic carbocycles. The molecular weight excluding hydrogens is 500 g/mol. The van der Waals surface area contributed by atoms with Crippen LogP contribution in [0, 0.1) is 0 Å². The van der Waals surface area contributed by atoms with Gasteiger partial charge in [0.2, 0.25) is 18.2 Å². The van der Waals surface area contributed by atoms with Crippen molar-refractivity contribution < 1.29 is 33.8 Å². The number of nitrogens with zero attached hydrogens (tertiary/aromatic N) is 2. The van der Waals surface area contributed by atoms with Crippen LogP contribution in [0.3, 0.4) is 0 Å². The largest absolute Gasteiger partial charge is 0.480 e. The number of rotatable bonds is 9. The number of aliphatic carboxylic acids is 1. The summed E-state index contributed by atoms with van der Waals surface area (Å²) in [6, 6.07) is 13.8. The van der Waals surface area contributed by atoms with Gasteiger partial charge in [-0.1, -0.05) is 60.7 Å². The third kappa shape index (κ3) is 5.24. The lowest BCUT2D eigenvalue weighted by molar-refractivity contribution is -0.161. The molecule has 2 aliphatic heterocycles. The van der Waals surface area contributed by atoms with E-state index >= 15 is 0 Å². The second-order valence-corrected chi connectivity index (χ2v) is 10.9. The van der Waals surface area contributed by atoms with Crippen molar-refractivity contribution in [3.63, 3.8) is 0 Å². The second kappa shape index (κ2) is 10.5. The number of hydrazine groups is 1. The Kier molecular flexibility index (Phi) is 7.39. The molecule has 3 N–H and O–H groups in total. The van der Waals surface area contributed by atoms with Gasteiger partial charge in [-0.05, 0) is 25.0 Å². The lowest BCUT2D eigenvalue weighted by Crippen LogP contribution is -2.71. The molecule has 2 saturated heterocycles. The topological polar surface area (TPSA) is 145 Å². The molecule has 4 rings (SSSR count). The Labute approximate surface area is 217 Å². The Balaban J connectivity index is 1.49.